The fourth-order valence-electron chi connectivity index (χ4n) is 9.13. The van der Waals surface area contributed by atoms with Gasteiger partial charge in [-0.05, 0) is 70.6 Å². The van der Waals surface area contributed by atoms with E-state index in [-0.39, 0.29) is 38.6 Å². The van der Waals surface area contributed by atoms with Gasteiger partial charge < -0.3 is 20.1 Å². The molecule has 424 valence electrons. The van der Waals surface area contributed by atoms with Crippen molar-refractivity contribution in [2.24, 2.45) is 5.73 Å². The molecule has 0 radical (unpaired) electrons. The van der Waals surface area contributed by atoms with Crippen molar-refractivity contribution in [2.45, 2.75) is 322 Å². The minimum Gasteiger partial charge on any atom is -0.462 e. The van der Waals surface area contributed by atoms with Crippen LogP contribution in [0.5, 0.6) is 0 Å². The van der Waals surface area contributed by atoms with E-state index in [0.717, 1.165) is 57.8 Å². The van der Waals surface area contributed by atoms with Gasteiger partial charge in [0.05, 0.1) is 13.2 Å². The average molecular weight is 1040 g/mol. The van der Waals surface area contributed by atoms with Crippen LogP contribution in [0.1, 0.15) is 316 Å². The molecule has 0 aromatic carbocycles. The van der Waals surface area contributed by atoms with Gasteiger partial charge in [-0.15, -0.1) is 0 Å². The highest BCUT2D eigenvalue weighted by atomic mass is 31.2. The van der Waals surface area contributed by atoms with Gasteiger partial charge in [0.25, 0.3) is 0 Å². The molecule has 0 spiro atoms. The minimum atomic E-state index is -4.38. The number of allylic oxidation sites excluding steroid dienone is 6. The lowest BCUT2D eigenvalue weighted by atomic mass is 10.0. The van der Waals surface area contributed by atoms with Crippen molar-refractivity contribution in [2.75, 3.05) is 26.4 Å². The molecule has 2 atom stereocenters. The summed E-state index contributed by atoms with van der Waals surface area (Å²) in [7, 11) is -4.38. The third kappa shape index (κ3) is 57.5. The second kappa shape index (κ2) is 58.5. The van der Waals surface area contributed by atoms with Crippen molar-refractivity contribution in [1.29, 1.82) is 0 Å². The van der Waals surface area contributed by atoms with Gasteiger partial charge in [-0.3, -0.25) is 18.6 Å². The summed E-state index contributed by atoms with van der Waals surface area (Å²) >= 11 is 0. The van der Waals surface area contributed by atoms with E-state index in [1.807, 2.05) is 0 Å². The van der Waals surface area contributed by atoms with E-state index in [4.69, 9.17) is 24.3 Å². The summed E-state index contributed by atoms with van der Waals surface area (Å²) in [5.74, 6) is -0.823. The predicted molar refractivity (Wildman–Crippen MR) is 307 cm³/mol. The van der Waals surface area contributed by atoms with Crippen LogP contribution in [-0.2, 0) is 32.7 Å². The van der Waals surface area contributed by atoms with Crippen molar-refractivity contribution in [3.05, 3.63) is 36.5 Å². The second-order valence-electron chi connectivity index (χ2n) is 20.9. The van der Waals surface area contributed by atoms with Gasteiger partial charge in [0.1, 0.15) is 6.61 Å². The molecule has 0 aliphatic carbocycles. The molecule has 0 aromatic rings. The summed E-state index contributed by atoms with van der Waals surface area (Å²) in [5, 5.41) is 0. The first-order chi connectivity index (χ1) is 35.3. The first-order valence-electron chi connectivity index (χ1n) is 31.0. The van der Waals surface area contributed by atoms with Gasteiger partial charge in [-0.25, -0.2) is 4.57 Å². The van der Waals surface area contributed by atoms with Crippen molar-refractivity contribution >= 4 is 19.8 Å². The summed E-state index contributed by atoms with van der Waals surface area (Å²) in [4.78, 5) is 35.1. The van der Waals surface area contributed by atoms with E-state index in [0.29, 0.717) is 6.42 Å². The number of esters is 2. The molecule has 0 saturated heterocycles. The Balaban J connectivity index is 3.77. The van der Waals surface area contributed by atoms with Gasteiger partial charge in [-0.1, -0.05) is 269 Å². The quantitative estimate of drug-likeness (QED) is 0.0264. The number of hydrogen-bond acceptors (Lipinski definition) is 8. The lowest BCUT2D eigenvalue weighted by Gasteiger charge is -2.19. The molecule has 9 nitrogen and oxygen atoms in total. The van der Waals surface area contributed by atoms with Gasteiger partial charge >= 0.3 is 19.8 Å². The summed E-state index contributed by atoms with van der Waals surface area (Å²) in [6.45, 7) is 3.75. The summed E-state index contributed by atoms with van der Waals surface area (Å²) in [6, 6.07) is 0. The number of phosphoric ester groups is 1. The van der Waals surface area contributed by atoms with Crippen molar-refractivity contribution in [3.63, 3.8) is 0 Å². The highest BCUT2D eigenvalue weighted by Gasteiger charge is 2.26. The van der Waals surface area contributed by atoms with E-state index in [1.54, 1.807) is 0 Å². The molecule has 0 aromatic heterocycles. The van der Waals surface area contributed by atoms with Gasteiger partial charge in [0.2, 0.25) is 0 Å². The fraction of sp³-hybridized carbons (Fsp3) is 0.871. The number of ether oxygens (including phenoxy) is 2. The van der Waals surface area contributed by atoms with E-state index in [2.05, 4.69) is 50.3 Å². The zero-order chi connectivity index (χ0) is 52.4. The van der Waals surface area contributed by atoms with Gasteiger partial charge in [0, 0.05) is 19.4 Å². The van der Waals surface area contributed by atoms with Crippen LogP contribution < -0.4 is 5.73 Å². The van der Waals surface area contributed by atoms with Crippen LogP contribution in [0, 0.1) is 0 Å². The molecule has 3 N–H and O–H groups in total. The molecule has 0 aliphatic rings. The molecular formula is C62H118NO8P. The van der Waals surface area contributed by atoms with Crippen LogP contribution in [-0.4, -0.2) is 49.3 Å². The lowest BCUT2D eigenvalue weighted by Crippen LogP contribution is -2.29. The Labute approximate surface area is 445 Å². The van der Waals surface area contributed by atoms with Crippen LogP contribution in [0.15, 0.2) is 36.5 Å². The maximum Gasteiger partial charge on any atom is 0.472 e. The van der Waals surface area contributed by atoms with E-state index in [9.17, 15) is 19.0 Å². The van der Waals surface area contributed by atoms with E-state index < -0.39 is 26.5 Å². The standard InChI is InChI=1S/C62H118NO8P/c1-3-5-7-9-11-13-15-17-19-20-21-22-23-24-25-26-27-28-29-30-31-32-33-34-35-36-37-38-39-40-41-43-45-47-49-51-53-55-62(65)71-60(59-70-72(66,67)69-57-56-63)58-68-61(64)54-52-50-48-46-44-42-18-16-14-12-10-8-6-4-2/h15-18,20-21,60H,3-14,19,22-59,63H2,1-2H3,(H,66,67)/b17-15-,18-16-,21-20-. The topological polar surface area (TPSA) is 134 Å². The monoisotopic (exact) mass is 1040 g/mol. The Morgan fingerprint density at radius 1 is 0.417 bits per heavy atom. The largest absolute Gasteiger partial charge is 0.472 e. The first-order valence-corrected chi connectivity index (χ1v) is 32.5. The number of hydrogen-bond donors (Lipinski definition) is 2. The zero-order valence-corrected chi connectivity index (χ0v) is 48.3. The SMILES string of the molecule is CCCCCCC/C=C\C/C=C\CCCCCCCCCCCCCCCCCCCCCCCCCCCC(=O)OC(COC(=O)CCCCCCC/C=C\CCCCCCC)COP(=O)(O)OCCN. The Kier molecular flexibility index (Phi) is 57.1. The minimum absolute atomic E-state index is 0.0543. The molecule has 0 aliphatic heterocycles. The third-order valence-electron chi connectivity index (χ3n) is 13.7. The molecule has 0 bridgehead atoms. The van der Waals surface area contributed by atoms with Crippen LogP contribution in [0.2, 0.25) is 0 Å². The highest BCUT2D eigenvalue weighted by Crippen LogP contribution is 2.43. The number of carbonyl (C=O) groups is 2. The number of carbonyl (C=O) groups excluding carboxylic acids is 2. The number of phosphoric acid groups is 1. The first kappa shape index (κ1) is 70.2. The third-order valence-corrected chi connectivity index (χ3v) is 14.7. The maximum absolute atomic E-state index is 12.7. The van der Waals surface area contributed by atoms with Crippen LogP contribution >= 0.6 is 7.82 Å². The molecule has 0 heterocycles. The normalized spacial score (nSPS) is 13.2. The van der Waals surface area contributed by atoms with Crippen molar-refractivity contribution in [3.8, 4) is 0 Å². The Morgan fingerprint density at radius 2 is 0.722 bits per heavy atom. The number of unbranched alkanes of at least 4 members (excludes halogenated alkanes) is 40. The Bertz CT molecular complexity index is 1270. The molecule has 72 heavy (non-hydrogen) atoms. The smallest absolute Gasteiger partial charge is 0.462 e. The molecule has 10 heteroatoms. The average Bonchev–Trinajstić information content (AvgIpc) is 3.37. The molecular weight excluding hydrogens is 918 g/mol. The summed E-state index contributed by atoms with van der Waals surface area (Å²) in [6.07, 6.45) is 70.9. The van der Waals surface area contributed by atoms with Crippen molar-refractivity contribution < 1.29 is 37.6 Å². The molecule has 2 unspecified atom stereocenters. The molecule has 0 saturated carbocycles. The highest BCUT2D eigenvalue weighted by molar-refractivity contribution is 7.47. The van der Waals surface area contributed by atoms with Crippen LogP contribution in [0.4, 0.5) is 0 Å². The van der Waals surface area contributed by atoms with Crippen molar-refractivity contribution in [1.82, 2.24) is 0 Å². The molecule has 0 amide bonds. The van der Waals surface area contributed by atoms with Gasteiger partial charge in [0.15, 0.2) is 6.10 Å². The van der Waals surface area contributed by atoms with E-state index >= 15 is 0 Å². The predicted octanol–water partition coefficient (Wildman–Crippen LogP) is 19.6. The number of nitrogens with two attached hydrogens (primary N) is 1. The maximum atomic E-state index is 12.7. The fourth-order valence-corrected chi connectivity index (χ4v) is 9.90. The second-order valence-corrected chi connectivity index (χ2v) is 22.4. The zero-order valence-electron chi connectivity index (χ0n) is 47.4. The summed E-state index contributed by atoms with van der Waals surface area (Å²) < 4.78 is 33.0. The molecule has 0 fully saturated rings. The summed E-state index contributed by atoms with van der Waals surface area (Å²) in [5.41, 5.74) is 5.38. The van der Waals surface area contributed by atoms with E-state index in [1.165, 1.54) is 225 Å². The Morgan fingerprint density at radius 3 is 1.07 bits per heavy atom. The van der Waals surface area contributed by atoms with Gasteiger partial charge in [-0.2, -0.15) is 0 Å². The van der Waals surface area contributed by atoms with Crippen LogP contribution in [0.25, 0.3) is 0 Å². The lowest BCUT2D eigenvalue weighted by molar-refractivity contribution is -0.161. The Hall–Kier alpha value is -1.77. The number of rotatable bonds is 59. The molecule has 0 rings (SSSR count). The van der Waals surface area contributed by atoms with Crippen LogP contribution in [0.3, 0.4) is 0 Å².